The number of halogens is 2. The zero-order chi connectivity index (χ0) is 16.9. The molecule has 2 rings (SSSR count). The van der Waals surface area contributed by atoms with Gasteiger partial charge in [-0.3, -0.25) is 9.48 Å². The summed E-state index contributed by atoms with van der Waals surface area (Å²) in [6.45, 7) is 7.45. The molecule has 1 aliphatic rings. The first kappa shape index (κ1) is 24.2. The number of carbonyl (C=O) groups excluding carboxylic acids is 1. The van der Waals surface area contributed by atoms with E-state index >= 15 is 0 Å². The highest BCUT2D eigenvalue weighted by atomic mass is 35.5. The molecule has 1 aromatic heterocycles. The lowest BCUT2D eigenvalue weighted by atomic mass is 9.79. The third-order valence-corrected chi connectivity index (χ3v) is 5.04. The molecule has 8 heteroatoms. The smallest absolute Gasteiger partial charge is 0.220 e. The Kier molecular flexibility index (Phi) is 10.7. The highest BCUT2D eigenvalue weighted by Gasteiger charge is 2.32. The number of rotatable bonds is 7. The summed E-state index contributed by atoms with van der Waals surface area (Å²) in [6, 6.07) is 0. The van der Waals surface area contributed by atoms with E-state index in [4.69, 9.17) is 4.74 Å². The molecule has 0 bridgehead atoms. The summed E-state index contributed by atoms with van der Waals surface area (Å²) >= 11 is 0. The summed E-state index contributed by atoms with van der Waals surface area (Å²) in [5.41, 5.74) is 3.43. The minimum atomic E-state index is 0. The number of aryl methyl sites for hydroxylation is 2. The molecule has 1 amide bonds. The Labute approximate surface area is 163 Å². The van der Waals surface area contributed by atoms with Crippen LogP contribution in [0.5, 0.6) is 0 Å². The third kappa shape index (κ3) is 6.44. The van der Waals surface area contributed by atoms with Gasteiger partial charge in [0.05, 0.1) is 12.3 Å². The predicted molar refractivity (Wildman–Crippen MR) is 105 cm³/mol. The minimum Gasteiger partial charge on any atom is -0.384 e. The first-order valence-electron chi connectivity index (χ1n) is 8.43. The second kappa shape index (κ2) is 11.0. The number of nitrogens with one attached hydrogen (secondary N) is 2. The first-order valence-corrected chi connectivity index (χ1v) is 8.43. The number of ether oxygens (including phenoxy) is 1. The van der Waals surface area contributed by atoms with Crippen molar-refractivity contribution >= 4 is 30.7 Å². The number of carbonyl (C=O) groups is 1. The standard InChI is InChI=1S/C17H30N4O2.2ClH/c1-13-15(14(2)21(3)20-13)5-6-16(22)19-11-17(12-23-4)7-9-18-10-8-17;;/h18H,5-12H2,1-4H3,(H,19,22);2*1H. The van der Waals surface area contributed by atoms with Gasteiger partial charge in [0, 0.05) is 38.2 Å². The summed E-state index contributed by atoms with van der Waals surface area (Å²) in [4.78, 5) is 12.2. The molecule has 6 nitrogen and oxygen atoms in total. The maximum atomic E-state index is 12.2. The summed E-state index contributed by atoms with van der Waals surface area (Å²) in [6.07, 6.45) is 3.34. The average molecular weight is 395 g/mol. The lowest BCUT2D eigenvalue weighted by Gasteiger charge is -2.37. The second-order valence-corrected chi connectivity index (χ2v) is 6.73. The van der Waals surface area contributed by atoms with Crippen molar-refractivity contribution in [1.82, 2.24) is 20.4 Å². The van der Waals surface area contributed by atoms with E-state index in [1.54, 1.807) is 7.11 Å². The van der Waals surface area contributed by atoms with E-state index in [1.807, 2.05) is 18.7 Å². The topological polar surface area (TPSA) is 68.2 Å². The first-order chi connectivity index (χ1) is 11.0. The van der Waals surface area contributed by atoms with Crippen molar-refractivity contribution in [3.63, 3.8) is 0 Å². The van der Waals surface area contributed by atoms with E-state index in [2.05, 4.69) is 22.7 Å². The van der Waals surface area contributed by atoms with E-state index in [1.165, 1.54) is 5.56 Å². The molecule has 146 valence electrons. The van der Waals surface area contributed by atoms with Crippen LogP contribution in [0.1, 0.15) is 36.2 Å². The molecule has 0 spiro atoms. The molecule has 2 N–H and O–H groups in total. The number of nitrogens with zero attached hydrogens (tertiary/aromatic N) is 2. The fraction of sp³-hybridized carbons (Fsp3) is 0.765. The van der Waals surface area contributed by atoms with E-state index in [0.717, 1.165) is 43.7 Å². The van der Waals surface area contributed by atoms with Gasteiger partial charge in [-0.15, -0.1) is 24.8 Å². The number of methoxy groups -OCH3 is 1. The SMILES string of the molecule is COCC1(CNC(=O)CCc2c(C)nn(C)c2C)CCNCC1.Cl.Cl. The van der Waals surface area contributed by atoms with E-state index in [-0.39, 0.29) is 36.1 Å². The summed E-state index contributed by atoms with van der Waals surface area (Å²) < 4.78 is 7.27. The fourth-order valence-electron chi connectivity index (χ4n) is 3.43. The van der Waals surface area contributed by atoms with Gasteiger partial charge in [-0.25, -0.2) is 0 Å². The van der Waals surface area contributed by atoms with Crippen LogP contribution in [0.25, 0.3) is 0 Å². The highest BCUT2D eigenvalue weighted by molar-refractivity contribution is 5.85. The quantitative estimate of drug-likeness (QED) is 0.741. The van der Waals surface area contributed by atoms with Crippen molar-refractivity contribution in [3.8, 4) is 0 Å². The van der Waals surface area contributed by atoms with Crippen LogP contribution in [0.3, 0.4) is 0 Å². The van der Waals surface area contributed by atoms with Gasteiger partial charge >= 0.3 is 0 Å². The molecule has 0 radical (unpaired) electrons. The molecule has 0 aromatic carbocycles. The zero-order valence-electron chi connectivity index (χ0n) is 15.7. The molecular formula is C17H32Cl2N4O2. The molecule has 2 heterocycles. The molecule has 0 aliphatic carbocycles. The Morgan fingerprint density at radius 3 is 2.48 bits per heavy atom. The van der Waals surface area contributed by atoms with Crippen LogP contribution in [0.4, 0.5) is 0 Å². The van der Waals surface area contributed by atoms with Gasteiger partial charge in [-0.05, 0) is 51.8 Å². The maximum absolute atomic E-state index is 12.2. The Morgan fingerprint density at radius 1 is 1.32 bits per heavy atom. The van der Waals surface area contributed by atoms with Crippen molar-refractivity contribution < 1.29 is 9.53 Å². The second-order valence-electron chi connectivity index (χ2n) is 6.73. The Balaban J connectivity index is 0.00000288. The largest absolute Gasteiger partial charge is 0.384 e. The van der Waals surface area contributed by atoms with Gasteiger partial charge in [0.2, 0.25) is 5.91 Å². The van der Waals surface area contributed by atoms with Crippen LogP contribution in [0.15, 0.2) is 0 Å². The highest BCUT2D eigenvalue weighted by Crippen LogP contribution is 2.28. The molecule has 1 aromatic rings. The predicted octanol–water partition coefficient (Wildman–Crippen LogP) is 1.95. The van der Waals surface area contributed by atoms with Gasteiger partial charge in [-0.1, -0.05) is 0 Å². The zero-order valence-corrected chi connectivity index (χ0v) is 17.3. The minimum absolute atomic E-state index is 0. The number of hydrogen-bond acceptors (Lipinski definition) is 4. The molecule has 1 saturated heterocycles. The van der Waals surface area contributed by atoms with Crippen LogP contribution >= 0.6 is 24.8 Å². The van der Waals surface area contributed by atoms with Gasteiger partial charge in [0.25, 0.3) is 0 Å². The van der Waals surface area contributed by atoms with E-state index < -0.39 is 0 Å². The van der Waals surface area contributed by atoms with Crippen LogP contribution in [0.2, 0.25) is 0 Å². The molecule has 25 heavy (non-hydrogen) atoms. The van der Waals surface area contributed by atoms with Gasteiger partial charge < -0.3 is 15.4 Å². The number of amides is 1. The van der Waals surface area contributed by atoms with Crippen LogP contribution in [0, 0.1) is 19.3 Å². The Hall–Kier alpha value is -0.820. The lowest BCUT2D eigenvalue weighted by molar-refractivity contribution is -0.122. The molecule has 0 unspecified atom stereocenters. The van der Waals surface area contributed by atoms with Crippen LogP contribution in [-0.4, -0.2) is 49.0 Å². The molecule has 0 saturated carbocycles. The number of piperidine rings is 1. The third-order valence-electron chi connectivity index (χ3n) is 5.04. The Morgan fingerprint density at radius 2 is 1.96 bits per heavy atom. The number of aromatic nitrogens is 2. The van der Waals surface area contributed by atoms with Crippen molar-refractivity contribution in [3.05, 3.63) is 17.0 Å². The fourth-order valence-corrected chi connectivity index (χ4v) is 3.43. The van der Waals surface area contributed by atoms with Gasteiger partial charge in [0.15, 0.2) is 0 Å². The average Bonchev–Trinajstić information content (AvgIpc) is 2.77. The van der Waals surface area contributed by atoms with Gasteiger partial charge in [0.1, 0.15) is 0 Å². The van der Waals surface area contributed by atoms with E-state index in [0.29, 0.717) is 19.6 Å². The summed E-state index contributed by atoms with van der Waals surface area (Å²) in [7, 11) is 3.68. The summed E-state index contributed by atoms with van der Waals surface area (Å²) in [5.74, 6) is 0.113. The number of hydrogen-bond donors (Lipinski definition) is 2. The normalized spacial score (nSPS) is 15.8. The van der Waals surface area contributed by atoms with Crippen molar-refractivity contribution in [1.29, 1.82) is 0 Å². The van der Waals surface area contributed by atoms with Crippen molar-refractivity contribution in [2.45, 2.75) is 39.5 Å². The van der Waals surface area contributed by atoms with Crippen molar-refractivity contribution in [2.24, 2.45) is 12.5 Å². The molecule has 1 fully saturated rings. The van der Waals surface area contributed by atoms with E-state index in [9.17, 15) is 4.79 Å². The molecule has 0 atom stereocenters. The van der Waals surface area contributed by atoms with Crippen LogP contribution < -0.4 is 10.6 Å². The molecule has 1 aliphatic heterocycles. The molecular weight excluding hydrogens is 363 g/mol. The van der Waals surface area contributed by atoms with Crippen LogP contribution in [-0.2, 0) is 23.0 Å². The summed E-state index contributed by atoms with van der Waals surface area (Å²) in [5, 5.41) is 10.9. The van der Waals surface area contributed by atoms with Crippen molar-refractivity contribution in [2.75, 3.05) is 33.4 Å². The monoisotopic (exact) mass is 394 g/mol. The lowest BCUT2D eigenvalue weighted by Crippen LogP contribution is -2.47. The van der Waals surface area contributed by atoms with Gasteiger partial charge in [-0.2, -0.15) is 5.10 Å². The Bertz CT molecular complexity index is 537. The maximum Gasteiger partial charge on any atom is 0.220 e.